The second kappa shape index (κ2) is 7.19. The fraction of sp³-hybridized carbons (Fsp3) is 0.643. The molecule has 0 bridgehead atoms. The number of amides is 1. The lowest BCUT2D eigenvalue weighted by Crippen LogP contribution is -2.41. The van der Waals surface area contributed by atoms with Gasteiger partial charge >= 0.3 is 0 Å². The molecule has 1 amide bonds. The van der Waals surface area contributed by atoms with Gasteiger partial charge in [-0.15, -0.1) is 0 Å². The number of aliphatic hydroxyl groups is 1. The van der Waals surface area contributed by atoms with E-state index in [1.54, 1.807) is 11.1 Å². The van der Waals surface area contributed by atoms with E-state index in [-0.39, 0.29) is 18.6 Å². The number of aliphatic hydroxyl groups excluding tert-OH is 1. The van der Waals surface area contributed by atoms with Crippen LogP contribution in [0.5, 0.6) is 0 Å². The monoisotopic (exact) mass is 278 g/mol. The van der Waals surface area contributed by atoms with E-state index in [1.807, 2.05) is 6.92 Å². The lowest BCUT2D eigenvalue weighted by Gasteiger charge is -2.27. The summed E-state index contributed by atoms with van der Waals surface area (Å²) in [4.78, 5) is 22.6. The molecule has 6 nitrogen and oxygen atoms in total. The minimum atomic E-state index is -0.138. The van der Waals surface area contributed by atoms with Crippen LogP contribution in [0.4, 0.5) is 5.82 Å². The van der Waals surface area contributed by atoms with Crippen LogP contribution in [0.25, 0.3) is 0 Å². The highest BCUT2D eigenvalue weighted by Crippen LogP contribution is 2.24. The molecule has 1 aliphatic rings. The quantitative estimate of drug-likeness (QED) is 0.819. The number of nitrogens with one attached hydrogen (secondary N) is 1. The average molecular weight is 278 g/mol. The standard InChI is InChI=1S/C14H22N4O2/c1-2-15-13-10-16-12(9-17-13)14(20)18(7-8-19)11-5-3-4-6-11/h9-11,19H,2-8H2,1H3,(H,15,17). The predicted octanol–water partition coefficient (Wildman–Crippen LogP) is 1.29. The number of carbonyl (C=O) groups excluding carboxylic acids is 1. The maximum absolute atomic E-state index is 12.5. The zero-order chi connectivity index (χ0) is 14.4. The Morgan fingerprint density at radius 1 is 1.40 bits per heavy atom. The van der Waals surface area contributed by atoms with Crippen molar-refractivity contribution in [3.05, 3.63) is 18.1 Å². The minimum Gasteiger partial charge on any atom is -0.395 e. The van der Waals surface area contributed by atoms with E-state index in [0.717, 1.165) is 32.2 Å². The summed E-state index contributed by atoms with van der Waals surface area (Å²) in [5, 5.41) is 12.2. The van der Waals surface area contributed by atoms with Gasteiger partial charge in [-0.2, -0.15) is 0 Å². The van der Waals surface area contributed by atoms with Gasteiger partial charge in [-0.1, -0.05) is 12.8 Å². The van der Waals surface area contributed by atoms with Gasteiger partial charge in [0.05, 0.1) is 19.0 Å². The molecule has 1 aliphatic carbocycles. The first kappa shape index (κ1) is 14.7. The highest BCUT2D eigenvalue weighted by atomic mass is 16.3. The van der Waals surface area contributed by atoms with Crippen molar-refractivity contribution in [3.8, 4) is 0 Å². The van der Waals surface area contributed by atoms with E-state index in [4.69, 9.17) is 5.11 Å². The molecule has 1 aromatic heterocycles. The summed E-state index contributed by atoms with van der Waals surface area (Å²) in [7, 11) is 0. The fourth-order valence-corrected chi connectivity index (χ4v) is 2.63. The van der Waals surface area contributed by atoms with E-state index >= 15 is 0 Å². The average Bonchev–Trinajstić information content (AvgIpc) is 2.99. The topological polar surface area (TPSA) is 78.4 Å². The second-order valence-electron chi connectivity index (χ2n) is 4.98. The third-order valence-corrected chi connectivity index (χ3v) is 3.60. The van der Waals surface area contributed by atoms with Crippen molar-refractivity contribution < 1.29 is 9.90 Å². The van der Waals surface area contributed by atoms with E-state index in [9.17, 15) is 4.79 Å². The fourth-order valence-electron chi connectivity index (χ4n) is 2.63. The van der Waals surface area contributed by atoms with E-state index in [1.165, 1.54) is 6.20 Å². The molecule has 0 spiro atoms. The Kier molecular flexibility index (Phi) is 5.29. The summed E-state index contributed by atoms with van der Waals surface area (Å²) in [6.07, 6.45) is 7.38. The number of hydrogen-bond acceptors (Lipinski definition) is 5. The normalized spacial score (nSPS) is 15.3. The molecule has 0 aromatic carbocycles. The second-order valence-corrected chi connectivity index (χ2v) is 4.98. The van der Waals surface area contributed by atoms with Gasteiger partial charge in [0.25, 0.3) is 5.91 Å². The molecule has 1 fully saturated rings. The van der Waals surface area contributed by atoms with Gasteiger partial charge < -0.3 is 15.3 Å². The van der Waals surface area contributed by atoms with Gasteiger partial charge in [-0.05, 0) is 19.8 Å². The van der Waals surface area contributed by atoms with Crippen molar-refractivity contribution in [1.29, 1.82) is 0 Å². The summed E-state index contributed by atoms with van der Waals surface area (Å²) in [5.41, 5.74) is 0.340. The highest BCUT2D eigenvalue weighted by molar-refractivity contribution is 5.92. The van der Waals surface area contributed by atoms with Crippen molar-refractivity contribution in [2.24, 2.45) is 0 Å². The molecule has 20 heavy (non-hydrogen) atoms. The summed E-state index contributed by atoms with van der Waals surface area (Å²) < 4.78 is 0. The van der Waals surface area contributed by atoms with Crippen molar-refractivity contribution >= 4 is 11.7 Å². The van der Waals surface area contributed by atoms with Crippen LogP contribution in [0.1, 0.15) is 43.1 Å². The van der Waals surface area contributed by atoms with Crippen molar-refractivity contribution in [3.63, 3.8) is 0 Å². The van der Waals surface area contributed by atoms with Gasteiger partial charge in [-0.3, -0.25) is 4.79 Å². The van der Waals surface area contributed by atoms with Crippen molar-refractivity contribution in [2.75, 3.05) is 25.0 Å². The Balaban J connectivity index is 2.09. The maximum atomic E-state index is 12.5. The first-order valence-corrected chi connectivity index (χ1v) is 7.24. The van der Waals surface area contributed by atoms with Gasteiger partial charge in [-0.25, -0.2) is 9.97 Å². The lowest BCUT2D eigenvalue weighted by molar-refractivity contribution is 0.0631. The maximum Gasteiger partial charge on any atom is 0.274 e. The number of aromatic nitrogens is 2. The number of anilines is 1. The predicted molar refractivity (Wildman–Crippen MR) is 76.6 cm³/mol. The van der Waals surface area contributed by atoms with Gasteiger partial charge in [0, 0.05) is 19.1 Å². The third-order valence-electron chi connectivity index (χ3n) is 3.60. The van der Waals surface area contributed by atoms with Crippen molar-refractivity contribution in [1.82, 2.24) is 14.9 Å². The molecule has 6 heteroatoms. The Bertz CT molecular complexity index is 429. The first-order valence-electron chi connectivity index (χ1n) is 7.24. The molecule has 1 saturated carbocycles. The summed E-state index contributed by atoms with van der Waals surface area (Å²) in [6.45, 7) is 3.08. The molecule has 1 aromatic rings. The van der Waals surface area contributed by atoms with Crippen LogP contribution in [-0.2, 0) is 0 Å². The molecule has 110 valence electrons. The summed E-state index contributed by atoms with van der Waals surface area (Å²) >= 11 is 0. The molecule has 0 atom stereocenters. The Morgan fingerprint density at radius 3 is 2.70 bits per heavy atom. The van der Waals surface area contributed by atoms with E-state index in [0.29, 0.717) is 18.1 Å². The number of nitrogens with zero attached hydrogens (tertiary/aromatic N) is 3. The van der Waals surface area contributed by atoms with Gasteiger partial charge in [0.15, 0.2) is 0 Å². The molecular formula is C14H22N4O2. The molecule has 0 radical (unpaired) electrons. The molecule has 0 aliphatic heterocycles. The zero-order valence-electron chi connectivity index (χ0n) is 11.9. The van der Waals surface area contributed by atoms with Gasteiger partial charge in [0.1, 0.15) is 11.5 Å². The largest absolute Gasteiger partial charge is 0.395 e. The summed E-state index contributed by atoms with van der Waals surface area (Å²) in [6, 6.07) is 0.227. The highest BCUT2D eigenvalue weighted by Gasteiger charge is 2.27. The van der Waals surface area contributed by atoms with Crippen LogP contribution in [0.3, 0.4) is 0 Å². The number of carbonyl (C=O) groups is 1. The van der Waals surface area contributed by atoms with Crippen LogP contribution in [-0.4, -0.2) is 51.6 Å². The van der Waals surface area contributed by atoms with Crippen LogP contribution < -0.4 is 5.32 Å². The minimum absolute atomic E-state index is 0.0227. The Morgan fingerprint density at radius 2 is 2.15 bits per heavy atom. The molecule has 2 rings (SSSR count). The Labute approximate surface area is 119 Å². The van der Waals surface area contributed by atoms with E-state index in [2.05, 4.69) is 15.3 Å². The zero-order valence-corrected chi connectivity index (χ0v) is 11.9. The van der Waals surface area contributed by atoms with Crippen molar-refractivity contribution in [2.45, 2.75) is 38.6 Å². The van der Waals surface area contributed by atoms with Crippen LogP contribution in [0.15, 0.2) is 12.4 Å². The molecule has 0 saturated heterocycles. The SMILES string of the molecule is CCNc1cnc(C(=O)N(CCO)C2CCCC2)cn1. The summed E-state index contributed by atoms with van der Waals surface area (Å²) in [5.74, 6) is 0.528. The van der Waals surface area contributed by atoms with Crippen LogP contribution >= 0.6 is 0 Å². The lowest BCUT2D eigenvalue weighted by atomic mass is 10.2. The third kappa shape index (κ3) is 3.45. The smallest absolute Gasteiger partial charge is 0.274 e. The molecule has 0 unspecified atom stereocenters. The molecular weight excluding hydrogens is 256 g/mol. The number of rotatable bonds is 6. The van der Waals surface area contributed by atoms with Crippen LogP contribution in [0.2, 0.25) is 0 Å². The van der Waals surface area contributed by atoms with Gasteiger partial charge in [0.2, 0.25) is 0 Å². The Hall–Kier alpha value is -1.69. The van der Waals surface area contributed by atoms with E-state index < -0.39 is 0 Å². The van der Waals surface area contributed by atoms with Crippen LogP contribution in [0, 0.1) is 0 Å². The molecule has 2 N–H and O–H groups in total. The number of hydrogen-bond donors (Lipinski definition) is 2. The molecule has 1 heterocycles. The first-order chi connectivity index (χ1) is 9.76.